The number of nitrogens with zero attached hydrogens (tertiary/aromatic N) is 3. The number of carbonyl (C=O) groups excluding carboxylic acids is 1. The molecule has 4 rings (SSSR count). The summed E-state index contributed by atoms with van der Waals surface area (Å²) in [5.41, 5.74) is 7.26. The van der Waals surface area contributed by atoms with Gasteiger partial charge in [-0.1, -0.05) is 36.0 Å². The highest BCUT2D eigenvalue weighted by Crippen LogP contribution is 2.35. The molecule has 150 valence electrons. The van der Waals surface area contributed by atoms with Gasteiger partial charge in [0.25, 0.3) is 5.56 Å². The molecule has 0 aliphatic rings. The Balaban J connectivity index is 1.92. The molecule has 0 bridgehead atoms. The van der Waals surface area contributed by atoms with Crippen LogP contribution in [-0.4, -0.2) is 20.4 Å². The molecule has 2 aromatic carbocycles. The van der Waals surface area contributed by atoms with Gasteiger partial charge in [0.1, 0.15) is 16.9 Å². The molecule has 0 saturated carbocycles. The van der Waals surface area contributed by atoms with Crippen LogP contribution < -0.4 is 11.3 Å². The van der Waals surface area contributed by atoms with E-state index in [4.69, 9.17) is 5.73 Å². The van der Waals surface area contributed by atoms with Crippen LogP contribution in [0, 0.1) is 12.7 Å². The third-order valence-corrected chi connectivity index (χ3v) is 5.75. The number of aryl methyl sites for hydroxylation is 1. The summed E-state index contributed by atoms with van der Waals surface area (Å²) in [6, 6.07) is 16.0. The van der Waals surface area contributed by atoms with Crippen molar-refractivity contribution in [3.05, 3.63) is 94.2 Å². The van der Waals surface area contributed by atoms with E-state index in [0.29, 0.717) is 22.3 Å². The molecule has 30 heavy (non-hydrogen) atoms. The average molecular weight is 420 g/mol. The molecule has 6 nitrogen and oxygen atoms in total. The minimum atomic E-state index is -0.866. The number of halogens is 1. The van der Waals surface area contributed by atoms with Gasteiger partial charge in [-0.2, -0.15) is 0 Å². The number of hydrogen-bond donors (Lipinski definition) is 1. The van der Waals surface area contributed by atoms with Crippen LogP contribution >= 0.6 is 11.8 Å². The van der Waals surface area contributed by atoms with E-state index >= 15 is 0 Å². The molecule has 0 radical (unpaired) electrons. The molecule has 0 aliphatic carbocycles. The number of para-hydroxylation sites is 1. The SMILES string of the molecule is Cc1ccnc(-n2c(S[C@@H](C(N)=O)c3ccc(F)cc3)nc3ccccc3c2=O)c1. The fourth-order valence-corrected chi connectivity index (χ4v) is 4.12. The third-order valence-electron chi connectivity index (χ3n) is 4.53. The molecular formula is C22H17FN4O2S. The molecule has 0 unspecified atom stereocenters. The number of hydrogen-bond acceptors (Lipinski definition) is 5. The molecular weight excluding hydrogens is 403 g/mol. The number of benzene rings is 2. The van der Waals surface area contributed by atoms with Gasteiger partial charge in [0.15, 0.2) is 5.16 Å². The van der Waals surface area contributed by atoms with Crippen LogP contribution in [0.4, 0.5) is 4.39 Å². The van der Waals surface area contributed by atoms with Gasteiger partial charge in [-0.25, -0.2) is 18.9 Å². The van der Waals surface area contributed by atoms with E-state index in [0.717, 1.165) is 17.3 Å². The van der Waals surface area contributed by atoms with Crippen molar-refractivity contribution in [1.82, 2.24) is 14.5 Å². The summed E-state index contributed by atoms with van der Waals surface area (Å²) in [4.78, 5) is 34.4. The summed E-state index contributed by atoms with van der Waals surface area (Å²) in [5, 5.41) is -0.165. The first-order valence-corrected chi connectivity index (χ1v) is 9.98. The highest BCUT2D eigenvalue weighted by atomic mass is 32.2. The summed E-state index contributed by atoms with van der Waals surface area (Å²) in [7, 11) is 0. The summed E-state index contributed by atoms with van der Waals surface area (Å²) >= 11 is 1.03. The molecule has 1 amide bonds. The summed E-state index contributed by atoms with van der Waals surface area (Å²) in [5.74, 6) is -0.655. The fraction of sp³-hybridized carbons (Fsp3) is 0.0909. The standard InChI is InChI=1S/C22H17FN4O2S/c1-13-10-11-25-18(12-13)27-21(29)16-4-2-3-5-17(16)26-22(27)30-19(20(24)28)14-6-8-15(23)9-7-14/h2-12,19H,1H3,(H2,24,28)/t19-/m1/s1. The van der Waals surface area contributed by atoms with Crippen LogP contribution in [0.2, 0.25) is 0 Å². The Labute approximate surface area is 175 Å². The summed E-state index contributed by atoms with van der Waals surface area (Å²) in [6.45, 7) is 1.89. The van der Waals surface area contributed by atoms with Gasteiger partial charge < -0.3 is 5.73 Å². The highest BCUT2D eigenvalue weighted by Gasteiger charge is 2.24. The summed E-state index contributed by atoms with van der Waals surface area (Å²) < 4.78 is 14.7. The first-order chi connectivity index (χ1) is 14.4. The molecule has 0 saturated heterocycles. The molecule has 4 aromatic rings. The second kappa shape index (κ2) is 8.08. The van der Waals surface area contributed by atoms with Gasteiger partial charge >= 0.3 is 0 Å². The Bertz CT molecular complexity index is 1300. The molecule has 0 aliphatic heterocycles. The number of fused-ring (bicyclic) bond motifs is 1. The van der Waals surface area contributed by atoms with Gasteiger partial charge in [0.2, 0.25) is 5.91 Å². The van der Waals surface area contributed by atoms with Crippen LogP contribution in [0.1, 0.15) is 16.4 Å². The van der Waals surface area contributed by atoms with Gasteiger partial charge in [-0.15, -0.1) is 0 Å². The van der Waals surface area contributed by atoms with Crippen LogP contribution in [-0.2, 0) is 4.79 Å². The van der Waals surface area contributed by atoms with E-state index in [1.807, 2.05) is 13.0 Å². The van der Waals surface area contributed by atoms with Gasteiger partial charge in [0.05, 0.1) is 10.9 Å². The number of primary amides is 1. The Morgan fingerprint density at radius 1 is 1.13 bits per heavy atom. The highest BCUT2D eigenvalue weighted by molar-refractivity contribution is 8.00. The Hall–Kier alpha value is -3.52. The van der Waals surface area contributed by atoms with Crippen molar-refractivity contribution >= 4 is 28.6 Å². The molecule has 2 heterocycles. The predicted molar refractivity (Wildman–Crippen MR) is 114 cm³/mol. The van der Waals surface area contributed by atoms with Crippen molar-refractivity contribution in [3.63, 3.8) is 0 Å². The lowest BCUT2D eigenvalue weighted by molar-refractivity contribution is -0.117. The van der Waals surface area contributed by atoms with Crippen molar-refractivity contribution in [2.75, 3.05) is 0 Å². The Kier molecular flexibility index (Phi) is 5.33. The molecule has 2 N–H and O–H groups in total. The third kappa shape index (κ3) is 3.81. The van der Waals surface area contributed by atoms with Crippen molar-refractivity contribution < 1.29 is 9.18 Å². The molecule has 8 heteroatoms. The normalized spacial score (nSPS) is 12.1. The number of thioether (sulfide) groups is 1. The van der Waals surface area contributed by atoms with E-state index < -0.39 is 17.0 Å². The van der Waals surface area contributed by atoms with Crippen LogP contribution in [0.5, 0.6) is 0 Å². The molecule has 2 aromatic heterocycles. The lowest BCUT2D eigenvalue weighted by atomic mass is 10.1. The monoisotopic (exact) mass is 420 g/mol. The van der Waals surface area contributed by atoms with Crippen LogP contribution in [0.15, 0.2) is 76.8 Å². The van der Waals surface area contributed by atoms with E-state index in [9.17, 15) is 14.0 Å². The maximum Gasteiger partial charge on any atom is 0.267 e. The Morgan fingerprint density at radius 3 is 2.57 bits per heavy atom. The first-order valence-electron chi connectivity index (χ1n) is 9.10. The zero-order valence-electron chi connectivity index (χ0n) is 15.9. The number of aromatic nitrogens is 3. The van der Waals surface area contributed by atoms with Gasteiger partial charge in [-0.05, 0) is 54.4 Å². The molecule has 1 atom stereocenters. The molecule has 0 spiro atoms. The Morgan fingerprint density at radius 2 is 1.87 bits per heavy atom. The van der Waals surface area contributed by atoms with E-state index in [1.54, 1.807) is 36.5 Å². The van der Waals surface area contributed by atoms with Crippen molar-refractivity contribution in [2.24, 2.45) is 5.73 Å². The fourth-order valence-electron chi connectivity index (χ4n) is 3.07. The maximum absolute atomic E-state index is 13.3. The van der Waals surface area contributed by atoms with Crippen LogP contribution in [0.25, 0.3) is 16.7 Å². The van der Waals surface area contributed by atoms with Crippen molar-refractivity contribution in [3.8, 4) is 5.82 Å². The number of rotatable bonds is 5. The minimum absolute atomic E-state index is 0.268. The zero-order valence-corrected chi connectivity index (χ0v) is 16.8. The number of pyridine rings is 1. The van der Waals surface area contributed by atoms with E-state index in [2.05, 4.69) is 9.97 Å². The average Bonchev–Trinajstić information content (AvgIpc) is 2.73. The summed E-state index contributed by atoms with van der Waals surface area (Å²) in [6.07, 6.45) is 1.60. The lowest BCUT2D eigenvalue weighted by Crippen LogP contribution is -2.25. The quantitative estimate of drug-likeness (QED) is 0.394. The predicted octanol–water partition coefficient (Wildman–Crippen LogP) is 3.55. The van der Waals surface area contributed by atoms with Gasteiger partial charge in [-0.3, -0.25) is 9.59 Å². The number of nitrogens with two attached hydrogens (primary N) is 1. The van der Waals surface area contributed by atoms with E-state index in [-0.39, 0.29) is 10.7 Å². The second-order valence-electron chi connectivity index (χ2n) is 6.70. The second-order valence-corrected chi connectivity index (χ2v) is 7.77. The minimum Gasteiger partial charge on any atom is -0.368 e. The first kappa shape index (κ1) is 19.8. The van der Waals surface area contributed by atoms with Crippen LogP contribution in [0.3, 0.4) is 0 Å². The topological polar surface area (TPSA) is 90.9 Å². The number of carbonyl (C=O) groups is 1. The maximum atomic E-state index is 13.3. The molecule has 0 fully saturated rings. The van der Waals surface area contributed by atoms with Crippen molar-refractivity contribution in [1.29, 1.82) is 0 Å². The van der Waals surface area contributed by atoms with Crippen molar-refractivity contribution in [2.45, 2.75) is 17.3 Å². The zero-order chi connectivity index (χ0) is 21.3. The largest absolute Gasteiger partial charge is 0.368 e. The van der Waals surface area contributed by atoms with Gasteiger partial charge in [0, 0.05) is 6.20 Å². The van der Waals surface area contributed by atoms with E-state index in [1.165, 1.54) is 28.8 Å². The number of amides is 1. The smallest absolute Gasteiger partial charge is 0.267 e. The lowest BCUT2D eigenvalue weighted by Gasteiger charge is -2.17.